The van der Waals surface area contributed by atoms with E-state index in [9.17, 15) is 14.4 Å². The van der Waals surface area contributed by atoms with Gasteiger partial charge in [-0.15, -0.1) is 0 Å². The van der Waals surface area contributed by atoms with Gasteiger partial charge in [0.1, 0.15) is 12.1 Å². The van der Waals surface area contributed by atoms with Gasteiger partial charge in [-0.25, -0.2) is 4.98 Å². The Morgan fingerprint density at radius 3 is 2.30 bits per heavy atom. The van der Waals surface area contributed by atoms with Crippen LogP contribution in [0.5, 0.6) is 0 Å². The minimum Gasteiger partial charge on any atom is -0.368 e. The van der Waals surface area contributed by atoms with Crippen molar-refractivity contribution in [1.29, 1.82) is 0 Å². The summed E-state index contributed by atoms with van der Waals surface area (Å²) in [5, 5.41) is 5.55. The van der Waals surface area contributed by atoms with Crippen molar-refractivity contribution >= 4 is 17.7 Å². The van der Waals surface area contributed by atoms with Crippen molar-refractivity contribution in [2.75, 3.05) is 0 Å². The maximum Gasteiger partial charge on any atom is 0.243 e. The molecule has 152 valence electrons. The van der Waals surface area contributed by atoms with Crippen LogP contribution in [0, 0.1) is 17.8 Å². The molecule has 1 heterocycles. The maximum atomic E-state index is 12.8. The van der Waals surface area contributed by atoms with Crippen molar-refractivity contribution in [1.82, 2.24) is 20.6 Å². The second kappa shape index (κ2) is 10.7. The molecule has 0 aliphatic heterocycles. The van der Waals surface area contributed by atoms with Gasteiger partial charge in [-0.1, -0.05) is 41.0 Å². The van der Waals surface area contributed by atoms with Crippen LogP contribution < -0.4 is 16.4 Å². The molecule has 0 saturated heterocycles. The van der Waals surface area contributed by atoms with E-state index in [2.05, 4.69) is 20.6 Å². The first kappa shape index (κ1) is 22.7. The fourth-order valence-corrected chi connectivity index (χ4v) is 2.80. The van der Waals surface area contributed by atoms with Gasteiger partial charge in [0.15, 0.2) is 0 Å². The molecule has 1 aromatic heterocycles. The number of aromatic nitrogens is 2. The quantitative estimate of drug-likeness (QED) is 0.459. The molecule has 3 amide bonds. The lowest BCUT2D eigenvalue weighted by Crippen LogP contribution is -2.56. The number of nitrogens with two attached hydrogens (primary N) is 1. The molecule has 0 aromatic carbocycles. The molecule has 27 heavy (non-hydrogen) atoms. The number of carbonyl (C=O) groups is 3. The summed E-state index contributed by atoms with van der Waals surface area (Å²) in [6.07, 6.45) is 4.90. The molecule has 1 aromatic rings. The Morgan fingerprint density at radius 1 is 1.15 bits per heavy atom. The van der Waals surface area contributed by atoms with Gasteiger partial charge in [0.25, 0.3) is 0 Å². The Kier molecular flexibility index (Phi) is 8.97. The fourth-order valence-electron chi connectivity index (χ4n) is 2.80. The normalized spacial score (nSPS) is 15.6. The Bertz CT molecular complexity index is 615. The zero-order valence-corrected chi connectivity index (χ0v) is 16.9. The minimum atomic E-state index is -0.747. The average molecular weight is 380 g/mol. The number of H-pyrrole nitrogens is 1. The number of carbonyl (C=O) groups excluding carboxylic acids is 3. The van der Waals surface area contributed by atoms with E-state index in [4.69, 9.17) is 5.73 Å². The molecule has 4 atom stereocenters. The van der Waals surface area contributed by atoms with E-state index in [1.54, 1.807) is 19.4 Å². The van der Waals surface area contributed by atoms with Gasteiger partial charge in [0.2, 0.25) is 17.7 Å². The SMILES string of the molecule is CCC(C)[C@H](NC(=O)[C@@H](C)Cc1cnc[nH]1)C(=O)N[C@@H](CC(C)C)C(N)=O. The van der Waals surface area contributed by atoms with E-state index in [0.717, 1.165) is 5.69 Å². The largest absolute Gasteiger partial charge is 0.368 e. The third kappa shape index (κ3) is 7.40. The second-order valence-electron chi connectivity index (χ2n) is 7.65. The van der Waals surface area contributed by atoms with E-state index in [0.29, 0.717) is 19.3 Å². The summed E-state index contributed by atoms with van der Waals surface area (Å²) in [6.45, 7) is 9.55. The maximum absolute atomic E-state index is 12.8. The van der Waals surface area contributed by atoms with E-state index >= 15 is 0 Å². The van der Waals surface area contributed by atoms with Crippen LogP contribution in [-0.4, -0.2) is 39.8 Å². The number of nitrogens with one attached hydrogen (secondary N) is 3. The fraction of sp³-hybridized carbons (Fsp3) is 0.684. The molecular formula is C19H33N5O3. The highest BCUT2D eigenvalue weighted by Crippen LogP contribution is 2.12. The molecule has 1 rings (SSSR count). The van der Waals surface area contributed by atoms with Crippen LogP contribution in [-0.2, 0) is 20.8 Å². The van der Waals surface area contributed by atoms with Crippen molar-refractivity contribution in [2.45, 2.75) is 66.0 Å². The van der Waals surface area contributed by atoms with Crippen molar-refractivity contribution in [3.8, 4) is 0 Å². The zero-order chi connectivity index (χ0) is 20.6. The predicted molar refractivity (Wildman–Crippen MR) is 103 cm³/mol. The molecule has 0 bridgehead atoms. The lowest BCUT2D eigenvalue weighted by Gasteiger charge is -2.27. The molecule has 0 radical (unpaired) electrons. The van der Waals surface area contributed by atoms with Crippen LogP contribution in [0.2, 0.25) is 0 Å². The summed E-state index contributed by atoms with van der Waals surface area (Å²) in [5.41, 5.74) is 6.27. The van der Waals surface area contributed by atoms with E-state index in [1.165, 1.54) is 0 Å². The third-order valence-corrected chi connectivity index (χ3v) is 4.69. The number of hydrogen-bond acceptors (Lipinski definition) is 4. The number of aromatic amines is 1. The van der Waals surface area contributed by atoms with Gasteiger partial charge < -0.3 is 21.4 Å². The summed E-state index contributed by atoms with van der Waals surface area (Å²) >= 11 is 0. The monoisotopic (exact) mass is 379 g/mol. The molecule has 8 heteroatoms. The topological polar surface area (TPSA) is 130 Å². The van der Waals surface area contributed by atoms with Crippen LogP contribution in [0.3, 0.4) is 0 Å². The number of primary amides is 1. The summed E-state index contributed by atoms with van der Waals surface area (Å²) in [4.78, 5) is 43.9. The van der Waals surface area contributed by atoms with E-state index in [1.807, 2.05) is 27.7 Å². The number of hydrogen-bond donors (Lipinski definition) is 4. The van der Waals surface area contributed by atoms with Crippen LogP contribution in [0.25, 0.3) is 0 Å². The highest BCUT2D eigenvalue weighted by Gasteiger charge is 2.30. The summed E-state index contributed by atoms with van der Waals surface area (Å²) in [6, 6.07) is -1.47. The van der Waals surface area contributed by atoms with Crippen molar-refractivity contribution in [2.24, 2.45) is 23.5 Å². The minimum absolute atomic E-state index is 0.0825. The van der Waals surface area contributed by atoms with Gasteiger partial charge in [-0.2, -0.15) is 0 Å². The van der Waals surface area contributed by atoms with E-state index in [-0.39, 0.29) is 29.6 Å². The number of amides is 3. The number of nitrogens with zero attached hydrogens (tertiary/aromatic N) is 1. The molecule has 1 unspecified atom stereocenters. The van der Waals surface area contributed by atoms with Gasteiger partial charge in [0, 0.05) is 24.2 Å². The Morgan fingerprint density at radius 2 is 1.81 bits per heavy atom. The Hall–Kier alpha value is -2.38. The zero-order valence-electron chi connectivity index (χ0n) is 16.9. The van der Waals surface area contributed by atoms with Gasteiger partial charge in [-0.3, -0.25) is 14.4 Å². The molecule has 8 nitrogen and oxygen atoms in total. The number of imidazole rings is 1. The van der Waals surface area contributed by atoms with Crippen LogP contribution in [0.1, 0.15) is 53.2 Å². The first-order chi connectivity index (χ1) is 12.6. The van der Waals surface area contributed by atoms with Crippen molar-refractivity contribution in [3.05, 3.63) is 18.2 Å². The van der Waals surface area contributed by atoms with Crippen LogP contribution in [0.4, 0.5) is 0 Å². The molecule has 0 spiro atoms. The van der Waals surface area contributed by atoms with Gasteiger partial charge >= 0.3 is 0 Å². The summed E-state index contributed by atoms with van der Waals surface area (Å²) in [7, 11) is 0. The summed E-state index contributed by atoms with van der Waals surface area (Å²) in [5.74, 6) is -1.37. The average Bonchev–Trinajstić information content (AvgIpc) is 3.10. The van der Waals surface area contributed by atoms with Crippen molar-refractivity contribution < 1.29 is 14.4 Å². The number of rotatable bonds is 11. The summed E-state index contributed by atoms with van der Waals surface area (Å²) < 4.78 is 0. The smallest absolute Gasteiger partial charge is 0.243 e. The first-order valence-corrected chi connectivity index (χ1v) is 9.52. The Labute approximate surface area is 161 Å². The second-order valence-corrected chi connectivity index (χ2v) is 7.65. The van der Waals surface area contributed by atoms with Gasteiger partial charge in [-0.05, 0) is 18.3 Å². The lowest BCUT2D eigenvalue weighted by molar-refractivity contribution is -0.133. The highest BCUT2D eigenvalue weighted by atomic mass is 16.2. The molecular weight excluding hydrogens is 346 g/mol. The predicted octanol–water partition coefficient (Wildman–Crippen LogP) is 1.14. The standard InChI is InChI=1S/C19H33N5O3/c1-6-12(4)16(19(27)23-15(17(20)25)7-11(2)3)24-18(26)13(5)8-14-9-21-10-22-14/h9-13,15-16H,6-8H2,1-5H3,(H2,20,25)(H,21,22)(H,23,27)(H,24,26)/t12?,13-,15-,16-/m0/s1. The third-order valence-electron chi connectivity index (χ3n) is 4.69. The highest BCUT2D eigenvalue weighted by molar-refractivity contribution is 5.92. The molecule has 0 saturated carbocycles. The molecule has 0 fully saturated rings. The first-order valence-electron chi connectivity index (χ1n) is 9.52. The van der Waals surface area contributed by atoms with Crippen LogP contribution >= 0.6 is 0 Å². The lowest BCUT2D eigenvalue weighted by atomic mass is 9.95. The van der Waals surface area contributed by atoms with E-state index < -0.39 is 18.0 Å². The molecule has 5 N–H and O–H groups in total. The Balaban J connectivity index is 2.79. The molecule has 0 aliphatic rings. The van der Waals surface area contributed by atoms with Crippen LogP contribution in [0.15, 0.2) is 12.5 Å². The van der Waals surface area contributed by atoms with Gasteiger partial charge in [0.05, 0.1) is 6.33 Å². The van der Waals surface area contributed by atoms with Crippen molar-refractivity contribution in [3.63, 3.8) is 0 Å². The molecule has 0 aliphatic carbocycles.